The number of carbonyl (C=O) groups excluding carboxylic acids is 2. The van der Waals surface area contributed by atoms with Gasteiger partial charge >= 0.3 is 11.8 Å². The third-order valence-electron chi connectivity index (χ3n) is 2.69. The minimum Gasteiger partial charge on any atom is -0.315 e. The molecule has 0 aliphatic rings. The first-order valence-corrected chi connectivity index (χ1v) is 6.01. The first-order valence-electron chi connectivity index (χ1n) is 6.01. The molecule has 0 unspecified atom stereocenters. The lowest BCUT2D eigenvalue weighted by Gasteiger charge is -2.09. The molecule has 0 heterocycles. The maximum absolute atomic E-state index is 13.4. The summed E-state index contributed by atoms with van der Waals surface area (Å²) in [5, 5.41) is 3.31. The molecule has 0 saturated carbocycles. The van der Waals surface area contributed by atoms with Gasteiger partial charge in [0.15, 0.2) is 17.5 Å². The number of carbonyl (C=O) groups is 2. The van der Waals surface area contributed by atoms with Crippen LogP contribution in [0.25, 0.3) is 0 Å². The predicted octanol–water partition coefficient (Wildman–Crippen LogP) is 2.96. The zero-order valence-electron chi connectivity index (χ0n) is 11.1. The monoisotopic (exact) mass is 330 g/mol. The molecule has 2 amide bonds. The predicted molar refractivity (Wildman–Crippen MR) is 69.9 cm³/mol. The van der Waals surface area contributed by atoms with Crippen molar-refractivity contribution in [2.24, 2.45) is 0 Å². The lowest BCUT2D eigenvalue weighted by Crippen LogP contribution is -2.30. The Morgan fingerprint density at radius 3 is 1.87 bits per heavy atom. The molecule has 2 aromatic carbocycles. The van der Waals surface area contributed by atoms with Crippen LogP contribution in [0.2, 0.25) is 0 Å². The quantitative estimate of drug-likeness (QED) is 0.505. The van der Waals surface area contributed by atoms with Gasteiger partial charge in [-0.2, -0.15) is 0 Å². The van der Waals surface area contributed by atoms with Gasteiger partial charge in [0.25, 0.3) is 0 Å². The highest BCUT2D eigenvalue weighted by Gasteiger charge is 2.21. The Labute approximate surface area is 125 Å². The summed E-state index contributed by atoms with van der Waals surface area (Å²) in [4.78, 5) is 23.1. The average Bonchev–Trinajstić information content (AvgIpc) is 2.51. The Morgan fingerprint density at radius 1 is 0.696 bits per heavy atom. The third kappa shape index (κ3) is 3.44. The van der Waals surface area contributed by atoms with Crippen molar-refractivity contribution in [3.05, 3.63) is 59.4 Å². The van der Waals surface area contributed by atoms with Crippen molar-refractivity contribution in [3.63, 3.8) is 0 Å². The van der Waals surface area contributed by atoms with Crippen molar-refractivity contribution in [2.45, 2.75) is 0 Å². The van der Waals surface area contributed by atoms with Gasteiger partial charge in [0.1, 0.15) is 17.3 Å². The highest BCUT2D eigenvalue weighted by molar-refractivity contribution is 6.43. The maximum Gasteiger partial charge on any atom is 0.314 e. The summed E-state index contributed by atoms with van der Waals surface area (Å²) in [5.74, 6) is -10.4. The van der Waals surface area contributed by atoms with E-state index in [1.165, 1.54) is 0 Å². The first-order chi connectivity index (χ1) is 10.8. The molecule has 2 rings (SSSR count). The molecular weight excluding hydrogens is 323 g/mol. The number of rotatable bonds is 2. The van der Waals surface area contributed by atoms with E-state index < -0.39 is 52.3 Å². The van der Waals surface area contributed by atoms with Crippen LogP contribution in [0.3, 0.4) is 0 Å². The minimum atomic E-state index is -1.84. The Balaban J connectivity index is 2.15. The number of halogens is 5. The van der Waals surface area contributed by atoms with Crippen molar-refractivity contribution in [3.8, 4) is 0 Å². The van der Waals surface area contributed by atoms with Crippen LogP contribution in [0.1, 0.15) is 0 Å². The van der Waals surface area contributed by atoms with Crippen LogP contribution in [0, 0.1) is 29.1 Å². The molecule has 0 aliphatic carbocycles. The van der Waals surface area contributed by atoms with Gasteiger partial charge in [-0.25, -0.2) is 22.0 Å². The van der Waals surface area contributed by atoms with Gasteiger partial charge in [-0.05, 0) is 24.3 Å². The highest BCUT2D eigenvalue weighted by atomic mass is 19.2. The van der Waals surface area contributed by atoms with Gasteiger partial charge in [-0.3, -0.25) is 9.59 Å². The molecule has 0 saturated heterocycles. The van der Waals surface area contributed by atoms with Gasteiger partial charge in [0.2, 0.25) is 0 Å². The normalized spacial score (nSPS) is 10.3. The fraction of sp³-hybridized carbons (Fsp3) is 0. The van der Waals surface area contributed by atoms with Crippen molar-refractivity contribution in [1.82, 2.24) is 0 Å². The molecule has 9 heteroatoms. The molecular formula is C14H7F5N2O2. The third-order valence-corrected chi connectivity index (χ3v) is 2.69. The van der Waals surface area contributed by atoms with Crippen LogP contribution >= 0.6 is 0 Å². The Hall–Kier alpha value is -2.97. The molecule has 4 nitrogen and oxygen atoms in total. The van der Waals surface area contributed by atoms with Crippen molar-refractivity contribution < 1.29 is 31.5 Å². The number of hydrogen-bond acceptors (Lipinski definition) is 2. The number of hydrogen-bond donors (Lipinski definition) is 2. The fourth-order valence-corrected chi connectivity index (χ4v) is 1.59. The Kier molecular flexibility index (Phi) is 4.58. The lowest BCUT2D eigenvalue weighted by molar-refractivity contribution is -0.133. The second-order valence-corrected chi connectivity index (χ2v) is 4.23. The van der Waals surface area contributed by atoms with Crippen LogP contribution < -0.4 is 10.6 Å². The summed E-state index contributed by atoms with van der Waals surface area (Å²) < 4.78 is 65.7. The summed E-state index contributed by atoms with van der Waals surface area (Å²) in [5.41, 5.74) is -1.68. The van der Waals surface area contributed by atoms with E-state index >= 15 is 0 Å². The second-order valence-electron chi connectivity index (χ2n) is 4.23. The van der Waals surface area contributed by atoms with Crippen LogP contribution in [-0.4, -0.2) is 11.8 Å². The smallest absolute Gasteiger partial charge is 0.314 e. The molecule has 0 spiro atoms. The standard InChI is InChI=1S/C14H7F5N2O2/c15-6-4-5-9(11(19)10(6)18)20-13(22)14(23)21-12-7(16)2-1-3-8(12)17/h1-5H,(H,20,22)(H,21,23). The molecule has 0 atom stereocenters. The summed E-state index contributed by atoms with van der Waals surface area (Å²) in [6.07, 6.45) is 0. The molecule has 2 N–H and O–H groups in total. The zero-order valence-corrected chi connectivity index (χ0v) is 11.1. The van der Waals surface area contributed by atoms with Crippen LogP contribution in [0.5, 0.6) is 0 Å². The number of nitrogens with one attached hydrogen (secondary N) is 2. The number of anilines is 2. The van der Waals surface area contributed by atoms with Crippen molar-refractivity contribution >= 4 is 23.2 Å². The number of para-hydroxylation sites is 1. The SMILES string of the molecule is O=C(Nc1ccc(F)c(F)c1F)C(=O)Nc1c(F)cccc1F. The van der Waals surface area contributed by atoms with Gasteiger partial charge in [-0.1, -0.05) is 6.07 Å². The summed E-state index contributed by atoms with van der Waals surface area (Å²) in [6, 6.07) is 3.93. The topological polar surface area (TPSA) is 58.2 Å². The van der Waals surface area contributed by atoms with E-state index in [2.05, 4.69) is 0 Å². The molecule has 2 aromatic rings. The minimum absolute atomic E-state index is 0.530. The van der Waals surface area contributed by atoms with E-state index in [9.17, 15) is 31.5 Å². The molecule has 0 fully saturated rings. The Bertz CT molecular complexity index is 775. The van der Waals surface area contributed by atoms with Gasteiger partial charge < -0.3 is 10.6 Å². The lowest BCUT2D eigenvalue weighted by atomic mass is 10.2. The largest absolute Gasteiger partial charge is 0.315 e. The molecule has 120 valence electrons. The highest BCUT2D eigenvalue weighted by Crippen LogP contribution is 2.20. The summed E-state index contributed by atoms with van der Waals surface area (Å²) >= 11 is 0. The number of amides is 2. The Morgan fingerprint density at radius 2 is 1.26 bits per heavy atom. The maximum atomic E-state index is 13.4. The molecule has 23 heavy (non-hydrogen) atoms. The van der Waals surface area contributed by atoms with E-state index in [0.717, 1.165) is 18.2 Å². The summed E-state index contributed by atoms with van der Waals surface area (Å²) in [7, 11) is 0. The fourth-order valence-electron chi connectivity index (χ4n) is 1.59. The van der Waals surface area contributed by atoms with Crippen molar-refractivity contribution in [1.29, 1.82) is 0 Å². The molecule has 0 radical (unpaired) electrons. The summed E-state index contributed by atoms with van der Waals surface area (Å²) in [6.45, 7) is 0. The first kappa shape index (κ1) is 16.4. The van der Waals surface area contributed by atoms with E-state index in [4.69, 9.17) is 0 Å². The van der Waals surface area contributed by atoms with E-state index in [0.29, 0.717) is 12.1 Å². The number of benzene rings is 2. The van der Waals surface area contributed by atoms with E-state index in [-0.39, 0.29) is 0 Å². The van der Waals surface area contributed by atoms with Gasteiger partial charge in [-0.15, -0.1) is 0 Å². The average molecular weight is 330 g/mol. The van der Waals surface area contributed by atoms with Crippen LogP contribution in [0.4, 0.5) is 33.3 Å². The second kappa shape index (κ2) is 6.42. The van der Waals surface area contributed by atoms with Gasteiger partial charge in [0.05, 0.1) is 5.69 Å². The molecule has 0 bridgehead atoms. The van der Waals surface area contributed by atoms with E-state index in [1.807, 2.05) is 0 Å². The van der Waals surface area contributed by atoms with Crippen LogP contribution in [0.15, 0.2) is 30.3 Å². The van der Waals surface area contributed by atoms with E-state index in [1.54, 1.807) is 10.6 Å². The van der Waals surface area contributed by atoms with Crippen LogP contribution in [-0.2, 0) is 9.59 Å². The zero-order chi connectivity index (χ0) is 17.1. The van der Waals surface area contributed by atoms with Crippen molar-refractivity contribution in [2.75, 3.05) is 10.6 Å². The molecule has 0 aromatic heterocycles. The molecule has 0 aliphatic heterocycles. The van der Waals surface area contributed by atoms with Gasteiger partial charge in [0, 0.05) is 0 Å².